The number of amides is 3. The maximum absolute atomic E-state index is 12.7. The number of hydrogen-bond acceptors (Lipinski definition) is 5. The van der Waals surface area contributed by atoms with E-state index in [1.807, 2.05) is 20.8 Å². The predicted molar refractivity (Wildman–Crippen MR) is 118 cm³/mol. The summed E-state index contributed by atoms with van der Waals surface area (Å²) in [5, 5.41) is 14.0. The molecular formula is C21H28F3N5O2S. The molecule has 1 aromatic carbocycles. The van der Waals surface area contributed by atoms with Crippen molar-refractivity contribution in [2.24, 2.45) is 5.92 Å². The number of hydrogen-bond donors (Lipinski definition) is 2. The molecule has 11 heteroatoms. The van der Waals surface area contributed by atoms with Gasteiger partial charge in [0, 0.05) is 31.6 Å². The molecule has 0 fully saturated rings. The van der Waals surface area contributed by atoms with Crippen LogP contribution in [0, 0.1) is 5.92 Å². The summed E-state index contributed by atoms with van der Waals surface area (Å²) in [6.07, 6.45) is -2.46. The molecule has 1 heterocycles. The van der Waals surface area contributed by atoms with Crippen molar-refractivity contribution < 1.29 is 22.8 Å². The van der Waals surface area contributed by atoms with E-state index in [0.29, 0.717) is 23.7 Å². The van der Waals surface area contributed by atoms with Crippen LogP contribution in [0.1, 0.15) is 45.6 Å². The Kier molecular flexibility index (Phi) is 9.42. The Balaban J connectivity index is 1.92. The first-order valence-corrected chi connectivity index (χ1v) is 11.3. The van der Waals surface area contributed by atoms with E-state index >= 15 is 0 Å². The molecule has 176 valence electrons. The lowest BCUT2D eigenvalue weighted by Crippen LogP contribution is -2.43. The largest absolute Gasteiger partial charge is 0.416 e. The molecule has 0 radical (unpaired) electrons. The second-order valence-electron chi connectivity index (χ2n) is 7.71. The van der Waals surface area contributed by atoms with Crippen molar-refractivity contribution in [1.29, 1.82) is 0 Å². The first-order chi connectivity index (χ1) is 15.1. The highest BCUT2D eigenvalue weighted by molar-refractivity contribution is 7.18. The van der Waals surface area contributed by atoms with Crippen LogP contribution in [0.2, 0.25) is 0 Å². The van der Waals surface area contributed by atoms with Crippen molar-refractivity contribution in [1.82, 2.24) is 20.4 Å². The molecule has 0 bridgehead atoms. The summed E-state index contributed by atoms with van der Waals surface area (Å²) in [7, 11) is 0. The fraction of sp³-hybridized carbons (Fsp3) is 0.524. The number of alkyl halides is 3. The fourth-order valence-corrected chi connectivity index (χ4v) is 3.58. The van der Waals surface area contributed by atoms with Crippen LogP contribution < -0.4 is 10.6 Å². The molecule has 0 saturated heterocycles. The third-order valence-electron chi connectivity index (χ3n) is 4.42. The van der Waals surface area contributed by atoms with Gasteiger partial charge in [-0.05, 0) is 24.5 Å². The van der Waals surface area contributed by atoms with Gasteiger partial charge < -0.3 is 15.5 Å². The fourth-order valence-electron chi connectivity index (χ4n) is 2.81. The summed E-state index contributed by atoms with van der Waals surface area (Å²) < 4.78 is 38.1. The zero-order valence-electron chi connectivity index (χ0n) is 18.3. The summed E-state index contributed by atoms with van der Waals surface area (Å²) in [5.41, 5.74) is -0.271. The van der Waals surface area contributed by atoms with E-state index in [1.54, 1.807) is 4.90 Å². The first kappa shape index (κ1) is 25.6. The Morgan fingerprint density at radius 2 is 1.84 bits per heavy atom. The Bertz CT molecular complexity index is 884. The number of urea groups is 1. The second kappa shape index (κ2) is 11.8. The predicted octanol–water partition coefficient (Wildman–Crippen LogP) is 5.02. The molecule has 0 unspecified atom stereocenters. The van der Waals surface area contributed by atoms with Gasteiger partial charge in [-0.1, -0.05) is 50.7 Å². The average molecular weight is 472 g/mol. The number of aromatic nitrogens is 2. The Morgan fingerprint density at radius 3 is 2.44 bits per heavy atom. The molecule has 32 heavy (non-hydrogen) atoms. The summed E-state index contributed by atoms with van der Waals surface area (Å²) in [5.74, 6) is -0.0697. The maximum atomic E-state index is 12.7. The van der Waals surface area contributed by atoms with Crippen LogP contribution in [0.5, 0.6) is 0 Å². The normalized spacial score (nSPS) is 11.5. The summed E-state index contributed by atoms with van der Waals surface area (Å²) in [6, 6.07) is 4.39. The number of carbonyl (C=O) groups excluding carboxylic acids is 2. The number of halogens is 3. The number of benzene rings is 1. The summed E-state index contributed by atoms with van der Waals surface area (Å²) in [4.78, 5) is 26.3. The molecule has 0 aliphatic heterocycles. The van der Waals surface area contributed by atoms with Crippen LogP contribution >= 0.6 is 11.3 Å². The third kappa shape index (κ3) is 8.10. The smallest absolute Gasteiger partial charge is 0.338 e. The molecule has 2 rings (SSSR count). The van der Waals surface area contributed by atoms with Crippen molar-refractivity contribution in [3.63, 3.8) is 0 Å². The van der Waals surface area contributed by atoms with Gasteiger partial charge in [0.25, 0.3) is 0 Å². The number of nitrogens with zero attached hydrogens (tertiary/aromatic N) is 3. The Hall–Kier alpha value is -2.69. The van der Waals surface area contributed by atoms with E-state index in [0.717, 1.165) is 36.3 Å². The standard InChI is InChI=1S/C21H28F3N5O2S/c1-4-5-11-25-20(31)29(13-14(2)3)12-10-17(30)26-19-28-27-18(32-19)15-6-8-16(9-7-15)21(22,23)24/h6-9,14H,4-5,10-13H2,1-3H3,(H,25,31)(H,26,28,30). The van der Waals surface area contributed by atoms with E-state index < -0.39 is 11.7 Å². The highest BCUT2D eigenvalue weighted by atomic mass is 32.1. The highest BCUT2D eigenvalue weighted by Gasteiger charge is 2.30. The first-order valence-electron chi connectivity index (χ1n) is 10.4. The van der Waals surface area contributed by atoms with E-state index in [4.69, 9.17) is 0 Å². The molecule has 0 atom stereocenters. The van der Waals surface area contributed by atoms with Gasteiger partial charge in [-0.25, -0.2) is 4.79 Å². The van der Waals surface area contributed by atoms with Gasteiger partial charge in [-0.2, -0.15) is 13.2 Å². The minimum absolute atomic E-state index is 0.0864. The van der Waals surface area contributed by atoms with Crippen molar-refractivity contribution in [2.75, 3.05) is 25.0 Å². The zero-order chi connectivity index (χ0) is 23.7. The second-order valence-corrected chi connectivity index (χ2v) is 8.69. The number of anilines is 1. The van der Waals surface area contributed by atoms with Gasteiger partial charge in [0.15, 0.2) is 0 Å². The van der Waals surface area contributed by atoms with Crippen molar-refractivity contribution in [3.05, 3.63) is 29.8 Å². The highest BCUT2D eigenvalue weighted by Crippen LogP contribution is 2.32. The van der Waals surface area contributed by atoms with E-state index in [-0.39, 0.29) is 36.0 Å². The molecule has 2 N–H and O–H groups in total. The van der Waals surface area contributed by atoms with Gasteiger partial charge in [0.1, 0.15) is 5.01 Å². The van der Waals surface area contributed by atoms with Crippen LogP contribution in [0.15, 0.2) is 24.3 Å². The molecule has 0 spiro atoms. The van der Waals surface area contributed by atoms with Crippen LogP contribution in [0.25, 0.3) is 10.6 Å². The summed E-state index contributed by atoms with van der Waals surface area (Å²) in [6.45, 7) is 7.41. The quantitative estimate of drug-likeness (QED) is 0.477. The Morgan fingerprint density at radius 1 is 1.16 bits per heavy atom. The molecule has 1 aromatic heterocycles. The maximum Gasteiger partial charge on any atom is 0.416 e. The molecule has 2 aromatic rings. The molecule has 7 nitrogen and oxygen atoms in total. The van der Waals surface area contributed by atoms with Gasteiger partial charge in [-0.15, -0.1) is 10.2 Å². The van der Waals surface area contributed by atoms with Crippen LogP contribution in [0.3, 0.4) is 0 Å². The number of unbranched alkanes of at least 4 members (excludes halogenated alkanes) is 1. The van der Waals surface area contributed by atoms with Crippen LogP contribution in [-0.4, -0.2) is 46.7 Å². The minimum Gasteiger partial charge on any atom is -0.338 e. The minimum atomic E-state index is -4.41. The van der Waals surface area contributed by atoms with Crippen molar-refractivity contribution in [3.8, 4) is 10.6 Å². The van der Waals surface area contributed by atoms with Crippen molar-refractivity contribution in [2.45, 2.75) is 46.2 Å². The molecule has 0 saturated carbocycles. The number of nitrogens with one attached hydrogen (secondary N) is 2. The van der Waals surface area contributed by atoms with E-state index in [1.165, 1.54) is 12.1 Å². The Labute approximate surface area is 189 Å². The molecular weight excluding hydrogens is 443 g/mol. The van der Waals surface area contributed by atoms with Crippen molar-refractivity contribution >= 4 is 28.4 Å². The van der Waals surface area contributed by atoms with Gasteiger partial charge in [0.2, 0.25) is 11.0 Å². The third-order valence-corrected chi connectivity index (χ3v) is 5.31. The summed E-state index contributed by atoms with van der Waals surface area (Å²) >= 11 is 1.06. The average Bonchev–Trinajstić information content (AvgIpc) is 3.18. The van der Waals surface area contributed by atoms with Gasteiger partial charge in [0.05, 0.1) is 5.56 Å². The van der Waals surface area contributed by atoms with Crippen LogP contribution in [0.4, 0.5) is 23.1 Å². The lowest BCUT2D eigenvalue weighted by Gasteiger charge is -2.24. The lowest BCUT2D eigenvalue weighted by molar-refractivity contribution is -0.137. The van der Waals surface area contributed by atoms with E-state index in [9.17, 15) is 22.8 Å². The SMILES string of the molecule is CCCCNC(=O)N(CCC(=O)Nc1nnc(-c2ccc(C(F)(F)F)cc2)s1)CC(C)C. The van der Waals surface area contributed by atoms with Gasteiger partial charge >= 0.3 is 12.2 Å². The lowest BCUT2D eigenvalue weighted by atomic mass is 10.1. The number of rotatable bonds is 10. The van der Waals surface area contributed by atoms with Crippen LogP contribution in [-0.2, 0) is 11.0 Å². The van der Waals surface area contributed by atoms with E-state index in [2.05, 4.69) is 20.8 Å². The number of carbonyl (C=O) groups is 2. The zero-order valence-corrected chi connectivity index (χ0v) is 19.1. The molecule has 0 aliphatic carbocycles. The molecule has 0 aliphatic rings. The van der Waals surface area contributed by atoms with Gasteiger partial charge in [-0.3, -0.25) is 4.79 Å². The molecule has 3 amide bonds. The topological polar surface area (TPSA) is 87.2 Å². The monoisotopic (exact) mass is 471 g/mol.